The summed E-state index contributed by atoms with van der Waals surface area (Å²) < 4.78 is 15.5. The predicted octanol–water partition coefficient (Wildman–Crippen LogP) is 3.33. The molecule has 0 radical (unpaired) electrons. The van der Waals surface area contributed by atoms with Crippen LogP contribution in [0.3, 0.4) is 0 Å². The van der Waals surface area contributed by atoms with Crippen molar-refractivity contribution in [1.29, 1.82) is 0 Å². The van der Waals surface area contributed by atoms with Crippen molar-refractivity contribution in [2.24, 2.45) is 5.10 Å². The highest BCUT2D eigenvalue weighted by Crippen LogP contribution is 2.38. The molecular weight excluding hydrogens is 447 g/mol. The van der Waals surface area contributed by atoms with E-state index in [1.54, 1.807) is 0 Å². The molecule has 0 fully saturated rings. The van der Waals surface area contributed by atoms with Crippen molar-refractivity contribution in [2.75, 3.05) is 20.0 Å². The Labute approximate surface area is 180 Å². The number of amides is 1. The molecule has 0 saturated heterocycles. The topological polar surface area (TPSA) is 125 Å². The van der Waals surface area contributed by atoms with Crippen LogP contribution in [0.25, 0.3) is 0 Å². The average molecular weight is 462 g/mol. The number of anilines is 1. The summed E-state index contributed by atoms with van der Waals surface area (Å²) in [4.78, 5) is 27.3. The second kappa shape index (κ2) is 9.64. The Balaban J connectivity index is 2.26. The van der Waals surface area contributed by atoms with Crippen molar-refractivity contribution in [3.05, 3.63) is 38.6 Å². The van der Waals surface area contributed by atoms with E-state index in [2.05, 4.69) is 15.5 Å². The van der Waals surface area contributed by atoms with Gasteiger partial charge in [-0.15, -0.1) is 0 Å². The third kappa shape index (κ3) is 5.20. The number of carbonyl (C=O) groups is 2. The molecule has 0 aliphatic rings. The molecule has 3 N–H and O–H groups in total. The van der Waals surface area contributed by atoms with Gasteiger partial charge in [-0.05, 0) is 12.1 Å². The molecule has 0 aliphatic carbocycles. The lowest BCUT2D eigenvalue weighted by molar-refractivity contribution is -0.132. The third-order valence-electron chi connectivity index (χ3n) is 3.40. The number of methoxy groups -OCH3 is 2. The number of nitrogens with two attached hydrogens (primary N) is 1. The standard InChI is InChI=1S/C17H15Cl3N4O5/c1-7(25)29-15-9(27-2)4-8(5-10(15)28-3)6-22-24-17(26)14-11(18)13(21)12(19)16(20)23-14/h4-6H,1-3H3,(H2,21,23)(H,24,26)/b22-6+. The Hall–Kier alpha value is -2.75. The summed E-state index contributed by atoms with van der Waals surface area (Å²) in [5.41, 5.74) is 8.09. The number of hydrazone groups is 1. The van der Waals surface area contributed by atoms with Crippen molar-refractivity contribution in [2.45, 2.75) is 6.92 Å². The van der Waals surface area contributed by atoms with Crippen LogP contribution in [0.15, 0.2) is 17.2 Å². The lowest BCUT2D eigenvalue weighted by Gasteiger charge is -2.13. The van der Waals surface area contributed by atoms with E-state index < -0.39 is 11.9 Å². The number of nitrogen functional groups attached to an aromatic ring is 1. The average Bonchev–Trinajstić information content (AvgIpc) is 2.69. The summed E-state index contributed by atoms with van der Waals surface area (Å²) >= 11 is 17.6. The Kier molecular flexibility index (Phi) is 7.49. The fourth-order valence-electron chi connectivity index (χ4n) is 2.12. The highest BCUT2D eigenvalue weighted by molar-refractivity contribution is 6.46. The van der Waals surface area contributed by atoms with Crippen LogP contribution in [0.4, 0.5) is 5.69 Å². The molecule has 0 saturated carbocycles. The Morgan fingerprint density at radius 2 is 1.72 bits per heavy atom. The van der Waals surface area contributed by atoms with E-state index in [0.29, 0.717) is 5.56 Å². The number of halogens is 3. The van der Waals surface area contributed by atoms with E-state index in [-0.39, 0.29) is 43.8 Å². The van der Waals surface area contributed by atoms with E-state index in [4.69, 9.17) is 54.7 Å². The molecule has 0 bridgehead atoms. The molecule has 2 aromatic rings. The number of pyridine rings is 1. The van der Waals surface area contributed by atoms with Crippen molar-refractivity contribution >= 4 is 58.6 Å². The van der Waals surface area contributed by atoms with Gasteiger partial charge in [-0.25, -0.2) is 10.4 Å². The maximum Gasteiger partial charge on any atom is 0.308 e. The van der Waals surface area contributed by atoms with Crippen molar-refractivity contribution in [3.63, 3.8) is 0 Å². The number of carbonyl (C=O) groups excluding carboxylic acids is 2. The van der Waals surface area contributed by atoms with Crippen LogP contribution in [0.2, 0.25) is 15.2 Å². The van der Waals surface area contributed by atoms with Crippen LogP contribution in [0.1, 0.15) is 23.0 Å². The number of nitrogens with zero attached hydrogens (tertiary/aromatic N) is 2. The van der Waals surface area contributed by atoms with Gasteiger partial charge >= 0.3 is 5.97 Å². The maximum atomic E-state index is 12.3. The Morgan fingerprint density at radius 3 is 2.24 bits per heavy atom. The van der Waals surface area contributed by atoms with Crippen LogP contribution in [-0.2, 0) is 4.79 Å². The number of aromatic nitrogens is 1. The van der Waals surface area contributed by atoms with E-state index in [1.165, 1.54) is 39.5 Å². The van der Waals surface area contributed by atoms with Gasteiger partial charge < -0.3 is 19.9 Å². The number of ether oxygens (including phenoxy) is 3. The smallest absolute Gasteiger partial charge is 0.308 e. The zero-order chi connectivity index (χ0) is 21.7. The van der Waals surface area contributed by atoms with E-state index in [1.807, 2.05) is 0 Å². The minimum absolute atomic E-state index is 0.0521. The van der Waals surface area contributed by atoms with Gasteiger partial charge in [-0.2, -0.15) is 5.10 Å². The lowest BCUT2D eigenvalue weighted by atomic mass is 10.2. The minimum atomic E-state index is -0.757. The molecule has 1 aromatic carbocycles. The zero-order valence-electron chi connectivity index (χ0n) is 15.4. The van der Waals surface area contributed by atoms with Crippen LogP contribution in [-0.4, -0.2) is 37.3 Å². The highest BCUT2D eigenvalue weighted by atomic mass is 35.5. The first-order valence-electron chi connectivity index (χ1n) is 7.77. The summed E-state index contributed by atoms with van der Waals surface area (Å²) in [6.07, 6.45) is 1.30. The van der Waals surface area contributed by atoms with Gasteiger partial charge in [0.05, 0.1) is 31.1 Å². The molecule has 154 valence electrons. The summed E-state index contributed by atoms with van der Waals surface area (Å²) in [5.74, 6) is -0.720. The number of nitrogens with one attached hydrogen (secondary N) is 1. The van der Waals surface area contributed by atoms with Crippen molar-refractivity contribution in [3.8, 4) is 17.2 Å². The van der Waals surface area contributed by atoms with Crippen molar-refractivity contribution in [1.82, 2.24) is 10.4 Å². The monoisotopic (exact) mass is 460 g/mol. The SMILES string of the molecule is COc1cc(/C=N/NC(=O)c2nc(Cl)c(Cl)c(N)c2Cl)cc(OC)c1OC(C)=O. The molecule has 2 rings (SSSR count). The molecule has 1 amide bonds. The Morgan fingerprint density at radius 1 is 1.14 bits per heavy atom. The molecule has 1 aromatic heterocycles. The van der Waals surface area contributed by atoms with Gasteiger partial charge in [-0.3, -0.25) is 9.59 Å². The number of rotatable bonds is 6. The second-order valence-electron chi connectivity index (χ2n) is 5.34. The first-order valence-corrected chi connectivity index (χ1v) is 8.90. The maximum absolute atomic E-state index is 12.3. The zero-order valence-corrected chi connectivity index (χ0v) is 17.6. The summed E-state index contributed by atoms with van der Waals surface area (Å²) in [7, 11) is 2.79. The molecular formula is C17H15Cl3N4O5. The minimum Gasteiger partial charge on any atom is -0.493 e. The molecule has 12 heteroatoms. The number of benzene rings is 1. The fraction of sp³-hybridized carbons (Fsp3) is 0.176. The van der Waals surface area contributed by atoms with Gasteiger partial charge in [-0.1, -0.05) is 34.8 Å². The molecule has 9 nitrogen and oxygen atoms in total. The second-order valence-corrected chi connectivity index (χ2v) is 6.45. The van der Waals surface area contributed by atoms with E-state index in [0.717, 1.165) is 0 Å². The van der Waals surface area contributed by atoms with E-state index >= 15 is 0 Å². The van der Waals surface area contributed by atoms with E-state index in [9.17, 15) is 9.59 Å². The van der Waals surface area contributed by atoms with Crippen LogP contribution < -0.4 is 25.4 Å². The van der Waals surface area contributed by atoms with Gasteiger partial charge in [0.15, 0.2) is 22.3 Å². The van der Waals surface area contributed by atoms with Crippen LogP contribution in [0, 0.1) is 0 Å². The number of hydrogen-bond donors (Lipinski definition) is 2. The summed E-state index contributed by atoms with van der Waals surface area (Å²) in [6, 6.07) is 3.05. The highest BCUT2D eigenvalue weighted by Gasteiger charge is 2.20. The van der Waals surface area contributed by atoms with Gasteiger partial charge in [0.1, 0.15) is 5.02 Å². The summed E-state index contributed by atoms with van der Waals surface area (Å²) in [5, 5.41) is 3.45. The Bertz CT molecular complexity index is 973. The summed E-state index contributed by atoms with van der Waals surface area (Å²) in [6.45, 7) is 1.25. The van der Waals surface area contributed by atoms with Gasteiger partial charge in [0.2, 0.25) is 5.75 Å². The third-order valence-corrected chi connectivity index (χ3v) is 4.53. The van der Waals surface area contributed by atoms with Gasteiger partial charge in [0.25, 0.3) is 5.91 Å². The molecule has 1 heterocycles. The van der Waals surface area contributed by atoms with Crippen molar-refractivity contribution < 1.29 is 23.8 Å². The molecule has 29 heavy (non-hydrogen) atoms. The largest absolute Gasteiger partial charge is 0.493 e. The lowest BCUT2D eigenvalue weighted by Crippen LogP contribution is -2.20. The molecule has 0 spiro atoms. The van der Waals surface area contributed by atoms with Crippen LogP contribution in [0.5, 0.6) is 17.2 Å². The number of hydrogen-bond acceptors (Lipinski definition) is 8. The quantitative estimate of drug-likeness (QED) is 0.222. The first kappa shape index (κ1) is 22.5. The first-order chi connectivity index (χ1) is 13.7. The fourth-order valence-corrected chi connectivity index (χ4v) is 2.71. The van der Waals surface area contributed by atoms with Gasteiger partial charge in [0, 0.05) is 12.5 Å². The van der Waals surface area contributed by atoms with Crippen LogP contribution >= 0.6 is 34.8 Å². The normalized spacial score (nSPS) is 10.7. The molecule has 0 atom stereocenters. The molecule has 0 aliphatic heterocycles. The molecule has 0 unspecified atom stereocenters. The number of esters is 1. The predicted molar refractivity (Wildman–Crippen MR) is 110 cm³/mol.